The van der Waals surface area contributed by atoms with Gasteiger partial charge in [0.15, 0.2) is 17.8 Å². The number of benzene rings is 2. The highest BCUT2D eigenvalue weighted by molar-refractivity contribution is 7.98. The van der Waals surface area contributed by atoms with E-state index in [4.69, 9.17) is 29.9 Å². The number of ether oxygens (including phenoxy) is 3. The number of fused-ring (bicyclic) bond motifs is 1. The second-order valence-corrected chi connectivity index (χ2v) is 20.6. The molecule has 0 spiro atoms. The number of pyridine rings is 2. The molecule has 2 N–H and O–H groups in total. The molecule has 1 unspecified atom stereocenters. The maximum atomic E-state index is 17.4. The van der Waals surface area contributed by atoms with Crippen LogP contribution in [0.2, 0.25) is 16.6 Å². The highest BCUT2D eigenvalue weighted by Gasteiger charge is 2.42. The topological polar surface area (TPSA) is 109 Å². The number of hydrogen-bond acceptors (Lipinski definition) is 10. The van der Waals surface area contributed by atoms with E-state index in [9.17, 15) is 0 Å². The Labute approximate surface area is 315 Å². The number of hydrogen-bond donors (Lipinski definition) is 1. The van der Waals surface area contributed by atoms with Crippen LogP contribution in [0.3, 0.4) is 0 Å². The van der Waals surface area contributed by atoms with E-state index in [1.807, 2.05) is 30.2 Å². The predicted molar refractivity (Wildman–Crippen MR) is 212 cm³/mol. The standard InChI is InChI=1S/C40H46F2N6O3SSi/c1-22(2)53(23(3)4,24(5)6)18-14-29-31(41)13-12-26-19-27(51-21-49-8)20-30(32(26)29)35-34(42)36-33-38(47-40(46-36)52-9)48(16-17-50-39(33)45-35)25(7)28-11-10-15-44-37(28)43/h10-13,15,19-20,22-25H,16-17,21H2,1-9H3,(H2,43,44). The van der Waals surface area contributed by atoms with Crippen molar-refractivity contribution in [2.24, 2.45) is 0 Å². The van der Waals surface area contributed by atoms with Gasteiger partial charge in [0.1, 0.15) is 54.5 Å². The Bertz CT molecular complexity index is 2220. The first-order chi connectivity index (χ1) is 25.3. The largest absolute Gasteiger partial charge is 0.475 e. The molecular weight excluding hydrogens is 711 g/mol. The Morgan fingerprint density at radius 1 is 1.00 bits per heavy atom. The Morgan fingerprint density at radius 3 is 2.40 bits per heavy atom. The van der Waals surface area contributed by atoms with Crippen molar-refractivity contribution in [2.75, 3.05) is 43.9 Å². The first kappa shape index (κ1) is 38.2. The lowest BCUT2D eigenvalue weighted by Crippen LogP contribution is -2.43. The summed E-state index contributed by atoms with van der Waals surface area (Å²) in [7, 11) is -0.765. The Hall–Kier alpha value is -4.51. The molecule has 5 aromatic rings. The van der Waals surface area contributed by atoms with Crippen molar-refractivity contribution in [3.05, 3.63) is 65.4 Å². The monoisotopic (exact) mass is 756 g/mol. The fourth-order valence-corrected chi connectivity index (χ4v) is 13.5. The van der Waals surface area contributed by atoms with Crippen LogP contribution < -0.4 is 20.1 Å². The van der Waals surface area contributed by atoms with Gasteiger partial charge in [0.25, 0.3) is 0 Å². The number of nitrogens with two attached hydrogens (primary N) is 1. The van der Waals surface area contributed by atoms with Gasteiger partial charge in [-0.15, -0.1) is 5.54 Å². The van der Waals surface area contributed by atoms with E-state index in [1.54, 1.807) is 24.4 Å². The number of methoxy groups -OCH3 is 1. The number of aromatic nitrogens is 4. The number of rotatable bonds is 10. The highest BCUT2D eigenvalue weighted by Crippen LogP contribution is 2.45. The molecule has 3 aromatic heterocycles. The average Bonchev–Trinajstić information content (AvgIpc) is 3.31. The van der Waals surface area contributed by atoms with E-state index < -0.39 is 19.7 Å². The molecule has 9 nitrogen and oxygen atoms in total. The number of nitrogens with zero attached hydrogens (tertiary/aromatic N) is 5. The van der Waals surface area contributed by atoms with Crippen molar-refractivity contribution in [1.82, 2.24) is 19.9 Å². The van der Waals surface area contributed by atoms with Crippen LogP contribution in [0.15, 0.2) is 47.8 Å². The third-order valence-corrected chi connectivity index (χ3v) is 17.3. The van der Waals surface area contributed by atoms with Crippen molar-refractivity contribution in [2.45, 2.75) is 76.3 Å². The lowest BCUT2D eigenvalue weighted by Gasteiger charge is -2.38. The van der Waals surface area contributed by atoms with Gasteiger partial charge in [0.2, 0.25) is 5.88 Å². The summed E-state index contributed by atoms with van der Waals surface area (Å²) in [5, 5.41) is 1.74. The zero-order valence-electron chi connectivity index (χ0n) is 31.7. The maximum absolute atomic E-state index is 17.4. The van der Waals surface area contributed by atoms with Crippen molar-refractivity contribution in [3.63, 3.8) is 0 Å². The zero-order chi connectivity index (χ0) is 38.2. The van der Waals surface area contributed by atoms with Gasteiger partial charge >= 0.3 is 0 Å². The van der Waals surface area contributed by atoms with Crippen LogP contribution in [-0.4, -0.2) is 61.3 Å². The molecule has 6 rings (SSSR count). The molecule has 278 valence electrons. The van der Waals surface area contributed by atoms with E-state index in [1.165, 1.54) is 24.9 Å². The highest BCUT2D eigenvalue weighted by atomic mass is 32.2. The van der Waals surface area contributed by atoms with E-state index in [-0.39, 0.29) is 42.1 Å². The van der Waals surface area contributed by atoms with E-state index in [2.05, 4.69) is 63.0 Å². The van der Waals surface area contributed by atoms with Crippen LogP contribution in [0.4, 0.5) is 20.4 Å². The van der Waals surface area contributed by atoms with Crippen LogP contribution in [0, 0.1) is 23.1 Å². The van der Waals surface area contributed by atoms with Crippen LogP contribution in [-0.2, 0) is 4.74 Å². The average molecular weight is 757 g/mol. The number of anilines is 2. The molecule has 13 heteroatoms. The molecule has 1 aliphatic heterocycles. The molecule has 53 heavy (non-hydrogen) atoms. The van der Waals surface area contributed by atoms with Crippen LogP contribution in [0.5, 0.6) is 11.6 Å². The molecule has 1 aliphatic rings. The van der Waals surface area contributed by atoms with Gasteiger partial charge in [0.05, 0.1) is 18.2 Å². The van der Waals surface area contributed by atoms with Gasteiger partial charge in [-0.2, -0.15) is 0 Å². The molecule has 0 aliphatic carbocycles. The maximum Gasteiger partial charge on any atom is 0.227 e. The molecule has 0 saturated heterocycles. The molecule has 0 bridgehead atoms. The van der Waals surface area contributed by atoms with Gasteiger partial charge in [-0.05, 0) is 59.5 Å². The summed E-state index contributed by atoms with van der Waals surface area (Å²) in [5.74, 6) is 3.54. The van der Waals surface area contributed by atoms with Gasteiger partial charge in [-0.25, -0.2) is 28.7 Å². The van der Waals surface area contributed by atoms with Crippen molar-refractivity contribution in [3.8, 4) is 34.4 Å². The van der Waals surface area contributed by atoms with Crippen molar-refractivity contribution < 1.29 is 23.0 Å². The number of thioether (sulfide) groups is 1. The first-order valence-corrected chi connectivity index (χ1v) is 21.3. The summed E-state index contributed by atoms with van der Waals surface area (Å²) in [4.78, 5) is 20.7. The van der Waals surface area contributed by atoms with Gasteiger partial charge in [-0.1, -0.05) is 71.4 Å². The SMILES string of the molecule is COCOc1cc(-c2nc3c4c(nc(SC)nc4c2F)N(C(C)c2cccnc2N)CCO3)c2c(C#C[Si](C(C)C)(C(C)C)C(C)C)c(F)ccc2c1. The molecule has 4 heterocycles. The Morgan fingerprint density at radius 2 is 1.74 bits per heavy atom. The zero-order valence-corrected chi connectivity index (χ0v) is 33.5. The van der Waals surface area contributed by atoms with Gasteiger partial charge < -0.3 is 24.8 Å². The molecule has 1 atom stereocenters. The third kappa shape index (κ3) is 6.88. The smallest absolute Gasteiger partial charge is 0.227 e. The molecular formula is C40H46F2N6O3SSi. The van der Waals surface area contributed by atoms with E-state index in [0.717, 1.165) is 5.56 Å². The number of nitrogen functional groups attached to an aromatic ring is 1. The molecule has 0 fully saturated rings. The summed E-state index contributed by atoms with van der Waals surface area (Å²) >= 11 is 1.30. The van der Waals surface area contributed by atoms with Crippen molar-refractivity contribution >= 4 is 53.1 Å². The predicted octanol–water partition coefficient (Wildman–Crippen LogP) is 9.33. The number of halogens is 2. The second-order valence-electron chi connectivity index (χ2n) is 14.2. The normalized spacial score (nSPS) is 13.7. The van der Waals surface area contributed by atoms with Gasteiger partial charge in [-0.3, -0.25) is 0 Å². The summed E-state index contributed by atoms with van der Waals surface area (Å²) in [6, 6.07) is 9.94. The lowest BCUT2D eigenvalue weighted by atomic mass is 9.95. The van der Waals surface area contributed by atoms with E-state index in [0.29, 0.717) is 67.4 Å². The minimum absolute atomic E-state index is 0.0313. The first-order valence-electron chi connectivity index (χ1n) is 17.8. The Balaban J connectivity index is 1.66. The van der Waals surface area contributed by atoms with Crippen molar-refractivity contribution in [1.29, 1.82) is 0 Å². The third-order valence-electron chi connectivity index (χ3n) is 10.4. The lowest BCUT2D eigenvalue weighted by molar-refractivity contribution is 0.0512. The van der Waals surface area contributed by atoms with Gasteiger partial charge in [0, 0.05) is 29.8 Å². The molecule has 0 radical (unpaired) electrons. The molecule has 0 saturated carbocycles. The summed E-state index contributed by atoms with van der Waals surface area (Å²) < 4.78 is 51.0. The quantitative estimate of drug-likeness (QED) is 0.0487. The summed E-state index contributed by atoms with van der Waals surface area (Å²) in [6.45, 7) is 15.8. The van der Waals surface area contributed by atoms with Crippen LogP contribution in [0.25, 0.3) is 32.9 Å². The fourth-order valence-electron chi connectivity index (χ4n) is 7.90. The van der Waals surface area contributed by atoms with E-state index >= 15 is 8.78 Å². The Kier molecular flexibility index (Phi) is 11.1. The molecule has 2 aromatic carbocycles. The minimum atomic E-state index is -2.28. The summed E-state index contributed by atoms with van der Waals surface area (Å²) in [6.07, 6.45) is 3.47. The van der Waals surface area contributed by atoms with Crippen LogP contribution in [0.1, 0.15) is 65.6 Å². The fraction of sp³-hybridized carbons (Fsp3) is 0.400. The van der Waals surface area contributed by atoms with Crippen LogP contribution >= 0.6 is 11.8 Å². The molecule has 0 amide bonds. The minimum Gasteiger partial charge on any atom is -0.475 e. The second kappa shape index (κ2) is 15.5. The summed E-state index contributed by atoms with van der Waals surface area (Å²) in [5.41, 5.74) is 12.2.